The lowest BCUT2D eigenvalue weighted by molar-refractivity contribution is -0.296. The molecule has 1 aliphatic carbocycles. The van der Waals surface area contributed by atoms with Crippen LogP contribution in [-0.2, 0) is 19.0 Å². The van der Waals surface area contributed by atoms with Crippen LogP contribution < -0.4 is 10.2 Å². The first-order valence-corrected chi connectivity index (χ1v) is 16.7. The van der Waals surface area contributed by atoms with Crippen LogP contribution in [0.25, 0.3) is 11.0 Å². The van der Waals surface area contributed by atoms with E-state index in [4.69, 9.17) is 19.2 Å². The number of nitrogens with one attached hydrogen (secondary N) is 1. The molecule has 5 fully saturated rings. The maximum Gasteiger partial charge on any atom is 0.410 e. The highest BCUT2D eigenvalue weighted by Gasteiger charge is 2.44. The van der Waals surface area contributed by atoms with Crippen LogP contribution in [-0.4, -0.2) is 112 Å². The summed E-state index contributed by atoms with van der Waals surface area (Å²) in [4.78, 5) is 46.9. The molecule has 0 aromatic carbocycles. The number of fused-ring (bicyclic) bond motifs is 1. The number of carbonyl (C=O) groups excluding carboxylic acids is 3. The summed E-state index contributed by atoms with van der Waals surface area (Å²) in [6.07, 6.45) is 8.62. The van der Waals surface area contributed by atoms with Crippen LogP contribution in [0.1, 0.15) is 83.2 Å². The summed E-state index contributed by atoms with van der Waals surface area (Å²) in [6.45, 7) is 10.0. The van der Waals surface area contributed by atoms with Crippen LogP contribution in [0.3, 0.4) is 0 Å². The van der Waals surface area contributed by atoms with Gasteiger partial charge in [0.2, 0.25) is 5.91 Å². The van der Waals surface area contributed by atoms with E-state index in [1.807, 2.05) is 26.8 Å². The minimum atomic E-state index is -0.834. The lowest BCUT2D eigenvalue weighted by Crippen LogP contribution is -2.57. The third kappa shape index (κ3) is 6.47. The molecular formula is C33H46N6O7. The Labute approximate surface area is 269 Å². The molecule has 2 aromatic rings. The van der Waals surface area contributed by atoms with Crippen molar-refractivity contribution in [3.63, 3.8) is 0 Å². The summed E-state index contributed by atoms with van der Waals surface area (Å²) in [6, 6.07) is 1.59. The molecule has 2 N–H and O–H groups in total. The summed E-state index contributed by atoms with van der Waals surface area (Å²) in [5.41, 5.74) is 1.41. The van der Waals surface area contributed by atoms with Crippen LogP contribution in [0.15, 0.2) is 18.5 Å². The fourth-order valence-electron chi connectivity index (χ4n) is 7.19. The molecule has 4 aliphatic heterocycles. The smallest absolute Gasteiger partial charge is 0.410 e. The topological polar surface area (TPSA) is 139 Å². The van der Waals surface area contributed by atoms with Crippen LogP contribution in [0.5, 0.6) is 0 Å². The molecule has 250 valence electrons. The molecule has 1 spiro atoms. The predicted molar refractivity (Wildman–Crippen MR) is 169 cm³/mol. The molecule has 6 heterocycles. The highest BCUT2D eigenvalue weighted by molar-refractivity contribution is 6.06. The fourth-order valence-corrected chi connectivity index (χ4v) is 7.19. The van der Waals surface area contributed by atoms with Crippen molar-refractivity contribution in [3.8, 4) is 0 Å². The monoisotopic (exact) mass is 638 g/mol. The molecule has 0 bridgehead atoms. The van der Waals surface area contributed by atoms with Crippen molar-refractivity contribution in [1.82, 2.24) is 24.7 Å². The largest absolute Gasteiger partial charge is 0.444 e. The van der Waals surface area contributed by atoms with Crippen LogP contribution >= 0.6 is 0 Å². The molecule has 0 atom stereocenters. The standard InChI is InChI=1S/C33H46N6O7/c1-31(2,3)46-30(42)37-14-7-32(43,8-15-37)21-36-12-9-33(10-13-36)44-19-24(20-45-33)39-18-26(22-4-5-22)25-16-23(17-34-28(25)39)38-11-6-27(40)35-29(38)41/h16-18,22,24,43H,4-15,19-21H2,1-3H3,(H,35,40,41). The van der Waals surface area contributed by atoms with Gasteiger partial charge in [-0.05, 0) is 64.0 Å². The first-order valence-electron chi connectivity index (χ1n) is 16.7. The minimum Gasteiger partial charge on any atom is -0.444 e. The number of amides is 4. The van der Waals surface area contributed by atoms with Crippen molar-refractivity contribution in [1.29, 1.82) is 0 Å². The Hall–Kier alpha value is -3.26. The van der Waals surface area contributed by atoms with E-state index in [1.54, 1.807) is 16.0 Å². The predicted octanol–water partition coefficient (Wildman–Crippen LogP) is 3.50. The maximum atomic E-state index is 12.5. The second-order valence-electron chi connectivity index (χ2n) is 14.7. The number of nitrogens with zero attached hydrogens (tertiary/aromatic N) is 5. The van der Waals surface area contributed by atoms with E-state index >= 15 is 0 Å². The van der Waals surface area contributed by atoms with Gasteiger partial charge in [0, 0.05) is 70.1 Å². The zero-order valence-electron chi connectivity index (χ0n) is 27.1. The third-order valence-electron chi connectivity index (χ3n) is 10.0. The van der Waals surface area contributed by atoms with Gasteiger partial charge in [0.15, 0.2) is 5.79 Å². The number of aromatic nitrogens is 2. The van der Waals surface area contributed by atoms with Crippen molar-refractivity contribution in [2.24, 2.45) is 0 Å². The number of pyridine rings is 1. The Morgan fingerprint density at radius 2 is 1.76 bits per heavy atom. The van der Waals surface area contributed by atoms with Gasteiger partial charge in [-0.25, -0.2) is 14.6 Å². The Bertz CT molecular complexity index is 1490. The van der Waals surface area contributed by atoms with Crippen LogP contribution in [0.2, 0.25) is 0 Å². The number of carbonyl (C=O) groups is 3. The first-order chi connectivity index (χ1) is 21.9. The average molecular weight is 639 g/mol. The zero-order valence-corrected chi connectivity index (χ0v) is 27.1. The molecule has 13 nitrogen and oxygen atoms in total. The molecule has 0 unspecified atom stereocenters. The first kappa shape index (κ1) is 31.3. The summed E-state index contributed by atoms with van der Waals surface area (Å²) >= 11 is 0. The van der Waals surface area contributed by atoms with E-state index in [9.17, 15) is 19.5 Å². The Kier molecular flexibility index (Phi) is 8.02. The van der Waals surface area contributed by atoms with Gasteiger partial charge >= 0.3 is 12.1 Å². The van der Waals surface area contributed by atoms with Crippen molar-refractivity contribution < 1.29 is 33.7 Å². The molecule has 4 saturated heterocycles. The van der Waals surface area contributed by atoms with Crippen molar-refractivity contribution in [3.05, 3.63) is 24.0 Å². The molecule has 5 aliphatic rings. The fraction of sp³-hybridized carbons (Fsp3) is 0.697. The van der Waals surface area contributed by atoms with Crippen molar-refractivity contribution in [2.75, 3.05) is 57.4 Å². The van der Waals surface area contributed by atoms with Gasteiger partial charge in [0.1, 0.15) is 11.2 Å². The van der Waals surface area contributed by atoms with Crippen LogP contribution in [0, 0.1) is 0 Å². The normalized spacial score (nSPS) is 24.4. The number of likely N-dealkylation sites (tertiary alicyclic amines) is 2. The number of urea groups is 1. The van der Waals surface area contributed by atoms with Gasteiger partial charge in [-0.3, -0.25) is 15.0 Å². The molecule has 1 saturated carbocycles. The van der Waals surface area contributed by atoms with E-state index in [2.05, 4.69) is 21.0 Å². The van der Waals surface area contributed by atoms with Crippen LogP contribution in [0.4, 0.5) is 15.3 Å². The zero-order chi connectivity index (χ0) is 32.3. The molecule has 4 amide bonds. The quantitative estimate of drug-likeness (QED) is 0.504. The van der Waals surface area contributed by atoms with Gasteiger partial charge < -0.3 is 33.7 Å². The van der Waals surface area contributed by atoms with E-state index in [0.717, 1.165) is 49.8 Å². The second kappa shape index (κ2) is 11.8. The average Bonchev–Trinajstić information content (AvgIpc) is 3.78. The lowest BCUT2D eigenvalue weighted by atomic mass is 9.89. The number of hydrogen-bond acceptors (Lipinski definition) is 9. The number of aliphatic hydroxyl groups is 1. The van der Waals surface area contributed by atoms with E-state index in [1.165, 1.54) is 5.56 Å². The molecule has 2 aromatic heterocycles. The SMILES string of the molecule is CC(C)(C)OC(=O)N1CCC(O)(CN2CCC3(CC2)OCC(n2cc(C4CC4)c4cc(N5CCC(=O)NC5=O)cnc42)CO3)CC1. The van der Waals surface area contributed by atoms with E-state index in [-0.39, 0.29) is 24.5 Å². The number of ether oxygens (including phenoxy) is 3. The Morgan fingerprint density at radius 1 is 1.07 bits per heavy atom. The summed E-state index contributed by atoms with van der Waals surface area (Å²) in [7, 11) is 0. The van der Waals surface area contributed by atoms with E-state index < -0.39 is 23.0 Å². The second-order valence-corrected chi connectivity index (χ2v) is 14.7. The highest BCUT2D eigenvalue weighted by Crippen LogP contribution is 2.45. The number of hydrogen-bond donors (Lipinski definition) is 2. The van der Waals surface area contributed by atoms with Crippen molar-refractivity contribution in [2.45, 2.75) is 94.7 Å². The number of rotatable bonds is 5. The minimum absolute atomic E-state index is 0.0243. The number of anilines is 1. The molecule has 0 radical (unpaired) electrons. The number of piperidine rings is 2. The Morgan fingerprint density at radius 3 is 2.39 bits per heavy atom. The number of imide groups is 1. The highest BCUT2D eigenvalue weighted by atomic mass is 16.7. The number of β-amino-alcohol motifs (C(OH)–C–C–N with tert-alkyl or cyclic N) is 1. The maximum absolute atomic E-state index is 12.5. The molecule has 46 heavy (non-hydrogen) atoms. The lowest BCUT2D eigenvalue weighted by Gasteiger charge is -2.47. The third-order valence-corrected chi connectivity index (χ3v) is 10.0. The summed E-state index contributed by atoms with van der Waals surface area (Å²) in [5, 5.41) is 14.8. The van der Waals surface area contributed by atoms with Crippen molar-refractivity contribution >= 4 is 34.8 Å². The molecule has 7 rings (SSSR count). The van der Waals surface area contributed by atoms with Gasteiger partial charge in [-0.1, -0.05) is 0 Å². The molecule has 13 heteroatoms. The van der Waals surface area contributed by atoms with Gasteiger partial charge in [-0.15, -0.1) is 0 Å². The van der Waals surface area contributed by atoms with Gasteiger partial charge in [0.05, 0.1) is 36.7 Å². The van der Waals surface area contributed by atoms with E-state index in [0.29, 0.717) is 63.8 Å². The summed E-state index contributed by atoms with van der Waals surface area (Å²) < 4.78 is 20.6. The molecular weight excluding hydrogens is 592 g/mol. The summed E-state index contributed by atoms with van der Waals surface area (Å²) in [5.74, 6) is -0.397. The van der Waals surface area contributed by atoms with Gasteiger partial charge in [0.25, 0.3) is 0 Å². The Balaban J connectivity index is 0.948. The van der Waals surface area contributed by atoms with Gasteiger partial charge in [-0.2, -0.15) is 0 Å².